The summed E-state index contributed by atoms with van der Waals surface area (Å²) in [7, 11) is 0. The smallest absolute Gasteiger partial charge is 0.216 e. The highest BCUT2D eigenvalue weighted by atomic mass is 16.3. The van der Waals surface area contributed by atoms with E-state index in [9.17, 15) is 14.4 Å². The third-order valence-electron chi connectivity index (χ3n) is 3.01. The fourth-order valence-corrected chi connectivity index (χ4v) is 2.14. The van der Waals surface area contributed by atoms with Gasteiger partial charge in [-0.3, -0.25) is 14.4 Å². The summed E-state index contributed by atoms with van der Waals surface area (Å²) in [5, 5.41) is 0. The number of ketones is 3. The number of rotatable bonds is 2. The highest BCUT2D eigenvalue weighted by Crippen LogP contribution is 2.29. The number of hydrogen-bond acceptors (Lipinski definition) is 4. The molecule has 0 amide bonds. The number of fused-ring (bicyclic) bond motifs is 1. The van der Waals surface area contributed by atoms with E-state index in [0.717, 1.165) is 0 Å². The van der Waals surface area contributed by atoms with E-state index in [0.29, 0.717) is 11.1 Å². The van der Waals surface area contributed by atoms with Gasteiger partial charge in [-0.1, -0.05) is 24.3 Å². The second-order valence-electron chi connectivity index (χ2n) is 4.05. The first-order valence-electron chi connectivity index (χ1n) is 5.45. The topological polar surface area (TPSA) is 64.3 Å². The Morgan fingerprint density at radius 1 is 0.944 bits per heavy atom. The van der Waals surface area contributed by atoms with E-state index in [2.05, 4.69) is 0 Å². The molecule has 0 unspecified atom stereocenters. The summed E-state index contributed by atoms with van der Waals surface area (Å²) >= 11 is 0. The Labute approximate surface area is 102 Å². The van der Waals surface area contributed by atoms with Crippen molar-refractivity contribution >= 4 is 17.3 Å². The Morgan fingerprint density at radius 3 is 2.06 bits per heavy atom. The molecule has 0 aliphatic heterocycles. The third-order valence-corrected chi connectivity index (χ3v) is 3.01. The molecule has 0 radical (unpaired) electrons. The third kappa shape index (κ3) is 1.35. The molecule has 88 valence electrons. The average molecular weight is 240 g/mol. The second-order valence-corrected chi connectivity index (χ2v) is 4.05. The molecule has 1 aliphatic rings. The molecule has 1 heterocycles. The summed E-state index contributed by atoms with van der Waals surface area (Å²) in [5.41, 5.74) is 0.625. The van der Waals surface area contributed by atoms with Crippen molar-refractivity contribution in [3.05, 3.63) is 59.5 Å². The maximum absolute atomic E-state index is 12.1. The lowest BCUT2D eigenvalue weighted by Gasteiger charge is -2.02. The average Bonchev–Trinajstić information content (AvgIpc) is 2.99. The fourth-order valence-electron chi connectivity index (χ4n) is 2.14. The Hall–Kier alpha value is -2.49. The summed E-state index contributed by atoms with van der Waals surface area (Å²) in [4.78, 5) is 36.2. The predicted molar refractivity (Wildman–Crippen MR) is 61.6 cm³/mol. The van der Waals surface area contributed by atoms with Gasteiger partial charge in [0, 0.05) is 11.1 Å². The van der Waals surface area contributed by atoms with Gasteiger partial charge in [0.05, 0.1) is 6.26 Å². The van der Waals surface area contributed by atoms with Gasteiger partial charge in [-0.2, -0.15) is 0 Å². The SMILES string of the molecule is O=C(c1ccco1)C1C(=O)c2ccccc2C1=O. The van der Waals surface area contributed by atoms with Gasteiger partial charge < -0.3 is 4.42 Å². The summed E-state index contributed by atoms with van der Waals surface area (Å²) < 4.78 is 4.95. The van der Waals surface area contributed by atoms with Crippen LogP contribution in [0.2, 0.25) is 0 Å². The molecule has 1 aromatic carbocycles. The Balaban J connectivity index is 2.05. The van der Waals surface area contributed by atoms with Crippen LogP contribution in [0.3, 0.4) is 0 Å². The van der Waals surface area contributed by atoms with Gasteiger partial charge in [-0.15, -0.1) is 0 Å². The van der Waals surface area contributed by atoms with Crippen molar-refractivity contribution in [1.82, 2.24) is 0 Å². The largest absolute Gasteiger partial charge is 0.461 e. The second kappa shape index (κ2) is 3.77. The summed E-state index contributed by atoms with van der Waals surface area (Å²) in [6.07, 6.45) is 1.34. The molecule has 0 atom stereocenters. The van der Waals surface area contributed by atoms with Crippen LogP contribution in [0.15, 0.2) is 47.1 Å². The van der Waals surface area contributed by atoms with E-state index < -0.39 is 23.3 Å². The molecule has 1 aliphatic carbocycles. The standard InChI is InChI=1S/C14H8O4/c15-12-8-4-1-2-5-9(8)13(16)11(12)14(17)10-6-3-7-18-10/h1-7,11H. The highest BCUT2D eigenvalue weighted by Gasteiger charge is 2.44. The van der Waals surface area contributed by atoms with E-state index in [1.807, 2.05) is 0 Å². The van der Waals surface area contributed by atoms with Crippen LogP contribution in [0, 0.1) is 5.92 Å². The number of hydrogen-bond donors (Lipinski definition) is 0. The van der Waals surface area contributed by atoms with Gasteiger partial charge in [0.25, 0.3) is 0 Å². The molecule has 18 heavy (non-hydrogen) atoms. The lowest BCUT2D eigenvalue weighted by Crippen LogP contribution is -2.25. The maximum atomic E-state index is 12.1. The van der Waals surface area contributed by atoms with Crippen LogP contribution in [-0.2, 0) is 0 Å². The van der Waals surface area contributed by atoms with Gasteiger partial charge in [0.15, 0.2) is 23.2 Å². The van der Waals surface area contributed by atoms with Gasteiger partial charge in [-0.05, 0) is 12.1 Å². The zero-order valence-corrected chi connectivity index (χ0v) is 9.25. The quantitative estimate of drug-likeness (QED) is 0.596. The number of benzene rings is 1. The molecular formula is C14H8O4. The summed E-state index contributed by atoms with van der Waals surface area (Å²) in [6.45, 7) is 0. The first-order valence-corrected chi connectivity index (χ1v) is 5.45. The zero-order chi connectivity index (χ0) is 12.7. The number of Topliss-reactive ketones (excluding diaryl/α,β-unsaturated/α-hetero) is 3. The first-order chi connectivity index (χ1) is 8.70. The van der Waals surface area contributed by atoms with Gasteiger partial charge in [-0.25, -0.2) is 0 Å². The van der Waals surface area contributed by atoms with E-state index in [-0.39, 0.29) is 5.76 Å². The van der Waals surface area contributed by atoms with E-state index >= 15 is 0 Å². The molecule has 0 fully saturated rings. The summed E-state index contributed by atoms with van der Waals surface area (Å²) in [5.74, 6) is -2.72. The number of furan rings is 1. The normalized spacial score (nSPS) is 14.9. The lowest BCUT2D eigenvalue weighted by molar-refractivity contribution is 0.0742. The molecule has 4 nitrogen and oxygen atoms in total. The molecule has 0 bridgehead atoms. The minimum absolute atomic E-state index is 0.0366. The lowest BCUT2D eigenvalue weighted by atomic mass is 9.97. The number of carbonyl (C=O) groups is 3. The minimum Gasteiger partial charge on any atom is -0.461 e. The molecule has 4 heteroatoms. The van der Waals surface area contributed by atoms with Crippen LogP contribution in [0.1, 0.15) is 31.3 Å². The molecular weight excluding hydrogens is 232 g/mol. The van der Waals surface area contributed by atoms with Crippen LogP contribution in [0.4, 0.5) is 0 Å². The van der Waals surface area contributed by atoms with Gasteiger partial charge in [0.2, 0.25) is 5.78 Å². The van der Waals surface area contributed by atoms with Crippen molar-refractivity contribution in [2.75, 3.05) is 0 Å². The van der Waals surface area contributed by atoms with Crippen LogP contribution in [0.5, 0.6) is 0 Å². The Bertz CT molecular complexity index is 606. The molecule has 1 aromatic heterocycles. The fraction of sp³-hybridized carbons (Fsp3) is 0.0714. The van der Waals surface area contributed by atoms with Crippen molar-refractivity contribution in [3.63, 3.8) is 0 Å². The van der Waals surface area contributed by atoms with Gasteiger partial charge in [0.1, 0.15) is 0 Å². The van der Waals surface area contributed by atoms with Crippen LogP contribution in [-0.4, -0.2) is 17.3 Å². The van der Waals surface area contributed by atoms with E-state index in [4.69, 9.17) is 4.42 Å². The van der Waals surface area contributed by atoms with Crippen molar-refractivity contribution < 1.29 is 18.8 Å². The molecule has 0 N–H and O–H groups in total. The first kappa shape index (κ1) is 10.7. The van der Waals surface area contributed by atoms with Crippen LogP contribution < -0.4 is 0 Å². The van der Waals surface area contributed by atoms with Crippen molar-refractivity contribution in [3.8, 4) is 0 Å². The maximum Gasteiger partial charge on any atom is 0.216 e. The van der Waals surface area contributed by atoms with Crippen molar-refractivity contribution in [2.24, 2.45) is 5.92 Å². The van der Waals surface area contributed by atoms with E-state index in [1.165, 1.54) is 12.3 Å². The minimum atomic E-state index is -1.28. The highest BCUT2D eigenvalue weighted by molar-refractivity contribution is 6.37. The van der Waals surface area contributed by atoms with Crippen molar-refractivity contribution in [2.45, 2.75) is 0 Å². The van der Waals surface area contributed by atoms with Gasteiger partial charge >= 0.3 is 0 Å². The monoisotopic (exact) mass is 240 g/mol. The Morgan fingerprint density at radius 2 is 1.56 bits per heavy atom. The molecule has 0 saturated carbocycles. The Kier molecular flexibility index (Phi) is 2.23. The molecule has 3 rings (SSSR count). The number of carbonyl (C=O) groups excluding carboxylic acids is 3. The molecule has 0 spiro atoms. The summed E-state index contributed by atoms with van der Waals surface area (Å²) in [6, 6.07) is 9.46. The zero-order valence-electron chi connectivity index (χ0n) is 9.25. The van der Waals surface area contributed by atoms with E-state index in [1.54, 1.807) is 30.3 Å². The van der Waals surface area contributed by atoms with Crippen LogP contribution >= 0.6 is 0 Å². The van der Waals surface area contributed by atoms with Crippen molar-refractivity contribution in [1.29, 1.82) is 0 Å². The molecule has 2 aromatic rings. The molecule has 0 saturated heterocycles. The van der Waals surface area contributed by atoms with Crippen LogP contribution in [0.25, 0.3) is 0 Å². The predicted octanol–water partition coefficient (Wildman–Crippen LogP) is 2.16.